The number of methoxy groups -OCH3 is 1. The summed E-state index contributed by atoms with van der Waals surface area (Å²) in [6, 6.07) is 0. The maximum absolute atomic E-state index is 5.38. The molecule has 1 rings (SSSR count). The van der Waals surface area contributed by atoms with E-state index in [9.17, 15) is 0 Å². The van der Waals surface area contributed by atoms with Crippen LogP contribution in [0.3, 0.4) is 0 Å². The summed E-state index contributed by atoms with van der Waals surface area (Å²) in [4.78, 5) is 0. The van der Waals surface area contributed by atoms with Crippen molar-refractivity contribution < 1.29 is 13.9 Å². The Bertz CT molecular complexity index is 278. The van der Waals surface area contributed by atoms with Gasteiger partial charge in [0.15, 0.2) is 0 Å². The minimum atomic E-state index is 0.345. The highest BCUT2D eigenvalue weighted by Gasteiger charge is 2.05. The second-order valence-electron chi connectivity index (χ2n) is 3.24. The Hall–Kier alpha value is -0.980. The molecule has 0 saturated carbocycles. The lowest BCUT2D eigenvalue weighted by Crippen LogP contribution is -2.16. The first-order chi connectivity index (χ1) is 7.86. The van der Waals surface area contributed by atoms with Crippen molar-refractivity contribution in [3.8, 4) is 0 Å². The minimum absolute atomic E-state index is 0.345. The van der Waals surface area contributed by atoms with Crippen LogP contribution in [0.5, 0.6) is 0 Å². The molecule has 6 heteroatoms. The van der Waals surface area contributed by atoms with Crippen molar-refractivity contribution in [1.82, 2.24) is 15.5 Å². The Morgan fingerprint density at radius 2 is 2.06 bits per heavy atom. The van der Waals surface area contributed by atoms with Crippen LogP contribution in [0.2, 0.25) is 0 Å². The summed E-state index contributed by atoms with van der Waals surface area (Å²) in [5.41, 5.74) is 0. The summed E-state index contributed by atoms with van der Waals surface area (Å²) in [5.74, 6) is 1.16. The van der Waals surface area contributed by atoms with Crippen molar-refractivity contribution in [2.45, 2.75) is 20.0 Å². The number of hydrogen-bond donors (Lipinski definition) is 1. The molecule has 1 N–H and O–H groups in total. The fourth-order valence-corrected chi connectivity index (χ4v) is 1.12. The Morgan fingerprint density at radius 1 is 1.25 bits per heavy atom. The van der Waals surface area contributed by atoms with E-state index in [1.54, 1.807) is 7.11 Å². The topological polar surface area (TPSA) is 69.4 Å². The Morgan fingerprint density at radius 3 is 2.81 bits per heavy atom. The van der Waals surface area contributed by atoms with Gasteiger partial charge in [0.05, 0.1) is 13.2 Å². The van der Waals surface area contributed by atoms with E-state index in [-0.39, 0.29) is 0 Å². The maximum atomic E-state index is 5.38. The number of ether oxygens (including phenoxy) is 2. The molecule has 0 atom stereocenters. The highest BCUT2D eigenvalue weighted by atomic mass is 16.5. The molecular weight excluding hydrogens is 210 g/mol. The van der Waals surface area contributed by atoms with Crippen molar-refractivity contribution in [2.75, 3.05) is 33.4 Å². The van der Waals surface area contributed by atoms with Crippen molar-refractivity contribution in [3.63, 3.8) is 0 Å². The summed E-state index contributed by atoms with van der Waals surface area (Å²) < 4.78 is 15.5. The zero-order valence-corrected chi connectivity index (χ0v) is 9.86. The highest BCUT2D eigenvalue weighted by molar-refractivity contribution is 4.80. The van der Waals surface area contributed by atoms with Gasteiger partial charge in [-0.25, -0.2) is 0 Å². The molecule has 92 valence electrons. The molecule has 0 bridgehead atoms. The summed E-state index contributed by atoms with van der Waals surface area (Å²) in [5, 5.41) is 11.0. The van der Waals surface area contributed by atoms with Gasteiger partial charge in [0.25, 0.3) is 0 Å². The van der Waals surface area contributed by atoms with Crippen molar-refractivity contribution in [3.05, 3.63) is 11.8 Å². The van der Waals surface area contributed by atoms with Crippen LogP contribution in [-0.4, -0.2) is 43.6 Å². The normalized spacial score (nSPS) is 10.9. The van der Waals surface area contributed by atoms with Gasteiger partial charge < -0.3 is 19.2 Å². The molecule has 1 aromatic heterocycles. The Kier molecular flexibility index (Phi) is 6.71. The van der Waals surface area contributed by atoms with E-state index in [1.807, 2.05) is 0 Å². The molecule has 1 aromatic rings. The van der Waals surface area contributed by atoms with E-state index in [0.717, 1.165) is 19.5 Å². The molecule has 0 radical (unpaired) electrons. The molecule has 0 unspecified atom stereocenters. The first-order valence-electron chi connectivity index (χ1n) is 5.45. The van der Waals surface area contributed by atoms with Gasteiger partial charge in [-0.3, -0.25) is 0 Å². The average Bonchev–Trinajstić information content (AvgIpc) is 2.73. The number of rotatable bonds is 9. The first kappa shape index (κ1) is 13.1. The quantitative estimate of drug-likeness (QED) is 0.617. The summed E-state index contributed by atoms with van der Waals surface area (Å²) >= 11 is 0. The van der Waals surface area contributed by atoms with Crippen LogP contribution in [0.15, 0.2) is 4.42 Å². The number of nitrogens with zero attached hydrogens (tertiary/aromatic N) is 2. The van der Waals surface area contributed by atoms with E-state index < -0.39 is 0 Å². The molecule has 0 aliphatic carbocycles. The van der Waals surface area contributed by atoms with Crippen LogP contribution in [0.1, 0.15) is 18.7 Å². The smallest absolute Gasteiger partial charge is 0.242 e. The molecule has 1 heterocycles. The standard InChI is InChI=1S/C10H19N3O3/c1-3-11-5-4-9-12-13-10(16-9)8-15-7-6-14-2/h11H,3-8H2,1-2H3. The van der Waals surface area contributed by atoms with Crippen LogP contribution >= 0.6 is 0 Å². The average molecular weight is 229 g/mol. The number of likely N-dealkylation sites (N-methyl/N-ethyl adjacent to an activating group) is 1. The maximum Gasteiger partial charge on any atom is 0.242 e. The van der Waals surface area contributed by atoms with E-state index in [2.05, 4.69) is 22.4 Å². The molecule has 6 nitrogen and oxygen atoms in total. The highest BCUT2D eigenvalue weighted by Crippen LogP contribution is 2.01. The van der Waals surface area contributed by atoms with Gasteiger partial charge in [0.2, 0.25) is 11.8 Å². The van der Waals surface area contributed by atoms with E-state index in [0.29, 0.717) is 31.6 Å². The number of nitrogens with one attached hydrogen (secondary N) is 1. The van der Waals surface area contributed by atoms with Crippen molar-refractivity contribution >= 4 is 0 Å². The number of aromatic nitrogens is 2. The fourth-order valence-electron chi connectivity index (χ4n) is 1.12. The Labute approximate surface area is 95.3 Å². The number of hydrogen-bond acceptors (Lipinski definition) is 6. The first-order valence-corrected chi connectivity index (χ1v) is 5.45. The van der Waals surface area contributed by atoms with Crippen molar-refractivity contribution in [1.29, 1.82) is 0 Å². The molecule has 0 spiro atoms. The van der Waals surface area contributed by atoms with Gasteiger partial charge in [-0.1, -0.05) is 6.92 Å². The summed E-state index contributed by atoms with van der Waals surface area (Å²) in [7, 11) is 1.63. The fraction of sp³-hybridized carbons (Fsp3) is 0.800. The second-order valence-corrected chi connectivity index (χ2v) is 3.24. The lowest BCUT2D eigenvalue weighted by molar-refractivity contribution is 0.0513. The molecule has 0 amide bonds. The van der Waals surface area contributed by atoms with Gasteiger partial charge in [0, 0.05) is 20.1 Å². The lowest BCUT2D eigenvalue weighted by Gasteiger charge is -1.99. The lowest BCUT2D eigenvalue weighted by atomic mass is 10.4. The third-order valence-corrected chi connectivity index (χ3v) is 1.93. The minimum Gasteiger partial charge on any atom is -0.423 e. The third-order valence-electron chi connectivity index (χ3n) is 1.93. The molecule has 16 heavy (non-hydrogen) atoms. The van der Waals surface area contributed by atoms with E-state index in [4.69, 9.17) is 13.9 Å². The van der Waals surface area contributed by atoms with Crippen LogP contribution in [0.4, 0.5) is 0 Å². The largest absolute Gasteiger partial charge is 0.423 e. The van der Waals surface area contributed by atoms with Gasteiger partial charge in [-0.15, -0.1) is 10.2 Å². The third kappa shape index (κ3) is 5.20. The summed E-state index contributed by atoms with van der Waals surface area (Å²) in [6.07, 6.45) is 0.749. The van der Waals surface area contributed by atoms with Crippen LogP contribution in [0, 0.1) is 0 Å². The summed E-state index contributed by atoms with van der Waals surface area (Å²) in [6.45, 7) is 5.30. The van der Waals surface area contributed by atoms with Crippen LogP contribution in [0.25, 0.3) is 0 Å². The monoisotopic (exact) mass is 229 g/mol. The molecular formula is C10H19N3O3. The molecule has 0 saturated heterocycles. The molecule has 0 aliphatic heterocycles. The Balaban J connectivity index is 2.17. The molecule has 0 aliphatic rings. The van der Waals surface area contributed by atoms with Gasteiger partial charge in [-0.2, -0.15) is 0 Å². The van der Waals surface area contributed by atoms with Crippen LogP contribution in [-0.2, 0) is 22.5 Å². The van der Waals surface area contributed by atoms with Gasteiger partial charge in [0.1, 0.15) is 6.61 Å². The predicted molar refractivity (Wildman–Crippen MR) is 58.1 cm³/mol. The van der Waals surface area contributed by atoms with E-state index in [1.165, 1.54) is 0 Å². The van der Waals surface area contributed by atoms with E-state index >= 15 is 0 Å². The molecule has 0 aromatic carbocycles. The van der Waals surface area contributed by atoms with Gasteiger partial charge >= 0.3 is 0 Å². The molecule has 0 fully saturated rings. The predicted octanol–water partition coefficient (Wildman–Crippen LogP) is 0.385. The second kappa shape index (κ2) is 8.20. The van der Waals surface area contributed by atoms with Gasteiger partial charge in [-0.05, 0) is 6.54 Å². The zero-order valence-electron chi connectivity index (χ0n) is 9.86. The van der Waals surface area contributed by atoms with Crippen molar-refractivity contribution in [2.24, 2.45) is 0 Å². The SMILES string of the molecule is CCNCCc1nnc(COCCOC)o1. The zero-order chi connectivity index (χ0) is 11.6. The van der Waals surface area contributed by atoms with Crippen LogP contribution < -0.4 is 5.32 Å².